The zero-order valence-corrected chi connectivity index (χ0v) is 19.1. The number of methoxy groups -OCH3 is 2. The molecule has 4 rings (SSSR count). The van der Waals surface area contributed by atoms with Crippen LogP contribution >= 0.6 is 0 Å². The topological polar surface area (TPSA) is 85.0 Å². The first kappa shape index (κ1) is 22.5. The van der Waals surface area contributed by atoms with Crippen molar-refractivity contribution in [1.82, 2.24) is 19.9 Å². The van der Waals surface area contributed by atoms with Gasteiger partial charge < -0.3 is 24.2 Å². The van der Waals surface area contributed by atoms with Crippen LogP contribution in [-0.2, 0) is 25.7 Å². The smallest absolute Gasteiger partial charge is 0.130 e. The van der Waals surface area contributed by atoms with E-state index >= 15 is 0 Å². The van der Waals surface area contributed by atoms with Crippen LogP contribution < -0.4 is 14.2 Å². The van der Waals surface area contributed by atoms with Gasteiger partial charge in [0.25, 0.3) is 0 Å². The highest BCUT2D eigenvalue weighted by molar-refractivity contribution is 5.47. The van der Waals surface area contributed by atoms with Crippen LogP contribution in [0.1, 0.15) is 35.4 Å². The van der Waals surface area contributed by atoms with Crippen molar-refractivity contribution >= 4 is 0 Å². The molecule has 0 aliphatic rings. The summed E-state index contributed by atoms with van der Waals surface area (Å²) in [5, 5.41) is 0. The Balaban J connectivity index is 1.50. The van der Waals surface area contributed by atoms with Gasteiger partial charge in [-0.25, -0.2) is 9.97 Å². The summed E-state index contributed by atoms with van der Waals surface area (Å²) in [5.41, 5.74) is 4.51. The van der Waals surface area contributed by atoms with Crippen molar-refractivity contribution in [3.63, 3.8) is 0 Å². The molecule has 33 heavy (non-hydrogen) atoms. The standard InChI is InChI=1S/C26H30N4O3/c1-31-23-9-11-25(19(13-23)5-3-7-21-15-27-17-29-21)33-26-12-10-24(32-2)14-20(26)6-4-8-22-16-28-18-30-22/h9-18H,3-8H2,1-2H3,(H,27,29)(H,28,30). The van der Waals surface area contributed by atoms with Crippen LogP contribution in [0.3, 0.4) is 0 Å². The molecule has 0 bridgehead atoms. The second-order valence-corrected chi connectivity index (χ2v) is 7.91. The summed E-state index contributed by atoms with van der Waals surface area (Å²) < 4.78 is 17.4. The fourth-order valence-electron chi connectivity index (χ4n) is 3.86. The molecule has 0 saturated heterocycles. The van der Waals surface area contributed by atoms with Crippen LogP contribution in [0.15, 0.2) is 61.4 Å². The van der Waals surface area contributed by atoms with Crippen molar-refractivity contribution in [1.29, 1.82) is 0 Å². The number of nitrogens with one attached hydrogen (secondary N) is 2. The van der Waals surface area contributed by atoms with Crippen molar-refractivity contribution in [2.45, 2.75) is 38.5 Å². The molecule has 0 radical (unpaired) electrons. The molecular formula is C26H30N4O3. The van der Waals surface area contributed by atoms with Crippen molar-refractivity contribution in [2.75, 3.05) is 14.2 Å². The lowest BCUT2D eigenvalue weighted by molar-refractivity contribution is 0.408. The number of hydrogen-bond donors (Lipinski definition) is 2. The van der Waals surface area contributed by atoms with E-state index in [1.165, 1.54) is 0 Å². The van der Waals surface area contributed by atoms with E-state index in [1.54, 1.807) is 26.9 Å². The first-order valence-electron chi connectivity index (χ1n) is 11.2. The molecule has 0 aliphatic heterocycles. The molecule has 7 heteroatoms. The number of benzene rings is 2. The maximum atomic E-state index is 6.46. The molecule has 0 aliphatic carbocycles. The van der Waals surface area contributed by atoms with E-state index in [0.29, 0.717) is 0 Å². The summed E-state index contributed by atoms with van der Waals surface area (Å²) in [6, 6.07) is 12.0. The van der Waals surface area contributed by atoms with Crippen molar-refractivity contribution in [3.05, 3.63) is 84.0 Å². The molecule has 0 unspecified atom stereocenters. The highest BCUT2D eigenvalue weighted by atomic mass is 16.5. The molecule has 2 heterocycles. The second kappa shape index (κ2) is 11.2. The van der Waals surface area contributed by atoms with E-state index < -0.39 is 0 Å². The molecule has 172 valence electrons. The number of aromatic amines is 2. The third-order valence-electron chi connectivity index (χ3n) is 5.65. The first-order valence-corrected chi connectivity index (χ1v) is 11.2. The van der Waals surface area contributed by atoms with Crippen LogP contribution in [0.2, 0.25) is 0 Å². The van der Waals surface area contributed by atoms with E-state index in [0.717, 1.165) is 84.0 Å². The Kier molecular flexibility index (Phi) is 7.64. The molecule has 0 saturated carbocycles. The van der Waals surface area contributed by atoms with Gasteiger partial charge in [0.15, 0.2) is 0 Å². The minimum absolute atomic E-state index is 0.827. The van der Waals surface area contributed by atoms with Gasteiger partial charge in [-0.05, 0) is 86.1 Å². The van der Waals surface area contributed by atoms with Crippen molar-refractivity contribution in [3.8, 4) is 23.0 Å². The molecule has 2 N–H and O–H groups in total. The lowest BCUT2D eigenvalue weighted by Crippen LogP contribution is -1.99. The van der Waals surface area contributed by atoms with E-state index in [4.69, 9.17) is 14.2 Å². The van der Waals surface area contributed by atoms with Gasteiger partial charge >= 0.3 is 0 Å². The van der Waals surface area contributed by atoms with Crippen molar-refractivity contribution < 1.29 is 14.2 Å². The molecule has 0 spiro atoms. The average molecular weight is 447 g/mol. The Hall–Kier alpha value is -3.74. The fourth-order valence-corrected chi connectivity index (χ4v) is 3.86. The Morgan fingerprint density at radius 1 is 0.667 bits per heavy atom. The molecular weight excluding hydrogens is 416 g/mol. The van der Waals surface area contributed by atoms with Gasteiger partial charge in [0, 0.05) is 23.8 Å². The predicted molar refractivity (Wildman–Crippen MR) is 127 cm³/mol. The van der Waals surface area contributed by atoms with Gasteiger partial charge in [-0.1, -0.05) is 0 Å². The van der Waals surface area contributed by atoms with E-state index in [-0.39, 0.29) is 0 Å². The zero-order chi connectivity index (χ0) is 22.9. The number of hydrogen-bond acceptors (Lipinski definition) is 5. The Morgan fingerprint density at radius 2 is 1.15 bits per heavy atom. The molecule has 0 atom stereocenters. The van der Waals surface area contributed by atoms with Crippen LogP contribution in [-0.4, -0.2) is 34.2 Å². The number of imidazole rings is 2. The predicted octanol–water partition coefficient (Wildman–Crippen LogP) is 5.29. The first-order chi connectivity index (χ1) is 16.2. The highest BCUT2D eigenvalue weighted by Crippen LogP contribution is 2.34. The minimum atomic E-state index is 0.827. The molecule has 0 fully saturated rings. The van der Waals surface area contributed by atoms with E-state index in [9.17, 15) is 0 Å². The summed E-state index contributed by atoms with van der Waals surface area (Å²) in [7, 11) is 3.37. The summed E-state index contributed by atoms with van der Waals surface area (Å²) >= 11 is 0. The van der Waals surface area contributed by atoms with Crippen LogP contribution in [0.4, 0.5) is 0 Å². The van der Waals surface area contributed by atoms with Gasteiger partial charge in [0.05, 0.1) is 26.9 Å². The molecule has 0 amide bonds. The highest BCUT2D eigenvalue weighted by Gasteiger charge is 2.12. The Labute approximate surface area is 194 Å². The van der Waals surface area contributed by atoms with Gasteiger partial charge in [-0.15, -0.1) is 0 Å². The average Bonchev–Trinajstić information content (AvgIpc) is 3.55. The summed E-state index contributed by atoms with van der Waals surface area (Å²) in [6.07, 6.45) is 12.7. The quantitative estimate of drug-likeness (QED) is 0.309. The monoisotopic (exact) mass is 446 g/mol. The third kappa shape index (κ3) is 6.16. The maximum Gasteiger partial charge on any atom is 0.130 e. The largest absolute Gasteiger partial charge is 0.497 e. The van der Waals surface area contributed by atoms with Crippen LogP contribution in [0.25, 0.3) is 0 Å². The molecule has 7 nitrogen and oxygen atoms in total. The summed E-state index contributed by atoms with van der Waals surface area (Å²) in [5.74, 6) is 3.35. The molecule has 2 aromatic heterocycles. The fraction of sp³-hybridized carbons (Fsp3) is 0.308. The van der Waals surface area contributed by atoms with Gasteiger partial charge in [-0.2, -0.15) is 0 Å². The maximum absolute atomic E-state index is 6.46. The third-order valence-corrected chi connectivity index (χ3v) is 5.65. The number of aromatic nitrogens is 4. The number of nitrogens with zero attached hydrogens (tertiary/aromatic N) is 2. The lowest BCUT2D eigenvalue weighted by Gasteiger charge is -2.16. The number of H-pyrrole nitrogens is 2. The summed E-state index contributed by atoms with van der Waals surface area (Å²) in [6.45, 7) is 0. The number of aryl methyl sites for hydroxylation is 4. The van der Waals surface area contributed by atoms with Gasteiger partial charge in [0.2, 0.25) is 0 Å². The number of rotatable bonds is 12. The zero-order valence-electron chi connectivity index (χ0n) is 19.1. The minimum Gasteiger partial charge on any atom is -0.497 e. The SMILES string of the molecule is COc1ccc(Oc2ccc(OC)cc2CCCc2cnc[nH]2)c(CCCc2cnc[nH]2)c1. The van der Waals surface area contributed by atoms with Gasteiger partial charge in [0.1, 0.15) is 23.0 Å². The normalized spacial score (nSPS) is 10.8. The van der Waals surface area contributed by atoms with Crippen molar-refractivity contribution in [2.24, 2.45) is 0 Å². The van der Waals surface area contributed by atoms with E-state index in [2.05, 4.69) is 32.1 Å². The lowest BCUT2D eigenvalue weighted by atomic mass is 10.0. The Morgan fingerprint density at radius 3 is 1.55 bits per heavy atom. The van der Waals surface area contributed by atoms with Crippen LogP contribution in [0.5, 0.6) is 23.0 Å². The number of ether oxygens (including phenoxy) is 3. The van der Waals surface area contributed by atoms with Crippen LogP contribution in [0, 0.1) is 0 Å². The molecule has 2 aromatic carbocycles. The molecule has 4 aromatic rings. The second-order valence-electron chi connectivity index (χ2n) is 7.91. The summed E-state index contributed by atoms with van der Waals surface area (Å²) in [4.78, 5) is 14.5. The van der Waals surface area contributed by atoms with Gasteiger partial charge in [-0.3, -0.25) is 0 Å². The Bertz CT molecular complexity index is 1030. The van der Waals surface area contributed by atoms with E-state index in [1.807, 2.05) is 36.7 Å².